The van der Waals surface area contributed by atoms with Gasteiger partial charge >= 0.3 is 0 Å². The summed E-state index contributed by atoms with van der Waals surface area (Å²) in [6, 6.07) is 7.76. The molecule has 3 aliphatic heterocycles. The Morgan fingerprint density at radius 1 is 1.04 bits per heavy atom. The van der Waals surface area contributed by atoms with Crippen molar-refractivity contribution in [1.82, 2.24) is 29.1 Å². The van der Waals surface area contributed by atoms with Crippen molar-refractivity contribution in [3.63, 3.8) is 0 Å². The predicted molar refractivity (Wildman–Crippen MR) is 201 cm³/mol. The number of aliphatic hydroxyl groups is 1. The van der Waals surface area contributed by atoms with E-state index in [2.05, 4.69) is 25.5 Å². The van der Waals surface area contributed by atoms with Gasteiger partial charge in [-0.15, -0.1) is 0 Å². The number of benzene rings is 1. The zero-order chi connectivity index (χ0) is 38.9. The van der Waals surface area contributed by atoms with Crippen LogP contribution in [-0.4, -0.2) is 105 Å². The Morgan fingerprint density at radius 3 is 2.42 bits per heavy atom. The number of nitrogens with zero attached hydrogens (tertiary/aromatic N) is 5. The molecule has 1 aliphatic carbocycles. The molecular weight excluding hydrogens is 737 g/mol. The first-order valence-electron chi connectivity index (χ1n) is 19.3. The van der Waals surface area contributed by atoms with E-state index in [1.807, 2.05) is 24.3 Å². The summed E-state index contributed by atoms with van der Waals surface area (Å²) >= 11 is 0. The van der Waals surface area contributed by atoms with Crippen LogP contribution < -0.4 is 20.9 Å². The van der Waals surface area contributed by atoms with Gasteiger partial charge in [-0.25, -0.2) is 26.5 Å². The quantitative estimate of drug-likeness (QED) is 0.228. The normalized spacial score (nSPS) is 25.1. The Bertz CT molecular complexity index is 2050. The summed E-state index contributed by atoms with van der Waals surface area (Å²) in [5, 5.41) is 16.9. The van der Waals surface area contributed by atoms with E-state index in [1.54, 1.807) is 6.92 Å². The number of carbonyl (C=O) groups excluding carboxylic acids is 2. The number of pyridine rings is 1. The maximum Gasteiger partial charge on any atom is 0.269 e. The number of anilines is 1. The van der Waals surface area contributed by atoms with Crippen molar-refractivity contribution in [2.24, 2.45) is 0 Å². The third-order valence-corrected chi connectivity index (χ3v) is 13.6. The fourth-order valence-corrected chi connectivity index (χ4v) is 10.0. The van der Waals surface area contributed by atoms with Gasteiger partial charge in [0.1, 0.15) is 17.5 Å². The number of amides is 2. The number of nitrogens with one attached hydrogen (secondary N) is 2. The molecule has 1 unspecified atom stereocenters. The topological polar surface area (TPSA) is 176 Å². The number of carbonyl (C=O) groups is 2. The van der Waals surface area contributed by atoms with Gasteiger partial charge in [0.25, 0.3) is 12.0 Å². The molecule has 2 aromatic heterocycles. The van der Waals surface area contributed by atoms with Crippen LogP contribution in [0.1, 0.15) is 101 Å². The molecule has 14 nitrogen and oxygen atoms in total. The van der Waals surface area contributed by atoms with Crippen LogP contribution in [0.2, 0.25) is 0 Å². The molecule has 3 N–H and O–H groups in total. The second-order valence-corrected chi connectivity index (χ2v) is 17.6. The first-order chi connectivity index (χ1) is 26.3. The third-order valence-electron chi connectivity index (χ3n) is 11.6. The van der Waals surface area contributed by atoms with Crippen LogP contribution in [0.3, 0.4) is 0 Å². The Kier molecular flexibility index (Phi) is 11.5. The standard InChI is InChI=1S/C38H49F2N7O7S/c1-38(51)15-2-4-31(38)47-34-25(22-30(33(39)40)36(47)50)23-41-37(44-34)42-26-11-19-46(20-12-26)55(52,53)21-3-16-45-17-13-28(14-18-45)54-27-7-5-24(6-8-27)29-9-10-32(48)43-35(29)49/h5-8,22-23,26,28-29,31,33,51H,2-4,9-21H2,1H3,(H,41,42,44)(H,43,48,49)/t29?,31-,38-/m1/s1. The van der Waals surface area contributed by atoms with Crippen LogP contribution >= 0.6 is 0 Å². The Hall–Kier alpha value is -4.06. The van der Waals surface area contributed by atoms with Crippen molar-refractivity contribution in [3.05, 3.63) is 58.0 Å². The van der Waals surface area contributed by atoms with Gasteiger partial charge in [-0.1, -0.05) is 12.1 Å². The number of sulfonamides is 1. The molecule has 4 fully saturated rings. The van der Waals surface area contributed by atoms with E-state index in [0.717, 1.165) is 43.3 Å². The lowest BCUT2D eigenvalue weighted by atomic mass is 9.90. The number of piperidine rings is 3. The molecule has 3 saturated heterocycles. The highest BCUT2D eigenvalue weighted by atomic mass is 32.2. The molecule has 17 heteroatoms. The van der Waals surface area contributed by atoms with Crippen molar-refractivity contribution < 1.29 is 36.6 Å². The molecule has 0 bridgehead atoms. The van der Waals surface area contributed by atoms with Crippen LogP contribution in [-0.2, 0) is 19.6 Å². The fraction of sp³-hybridized carbons (Fsp3) is 0.605. The molecule has 1 aromatic carbocycles. The summed E-state index contributed by atoms with van der Waals surface area (Å²) in [5.74, 6) is 0.165. The van der Waals surface area contributed by atoms with Gasteiger partial charge in [-0.05, 0) is 95.0 Å². The number of likely N-dealkylation sites (tertiary alicyclic amines) is 1. The number of aromatic nitrogens is 3. The molecule has 298 valence electrons. The number of fused-ring (bicyclic) bond motifs is 1. The molecule has 2 amide bonds. The maximum absolute atomic E-state index is 13.8. The number of hydrogen-bond donors (Lipinski definition) is 3. The van der Waals surface area contributed by atoms with E-state index in [1.165, 1.54) is 15.1 Å². The zero-order valence-corrected chi connectivity index (χ0v) is 31.8. The highest BCUT2D eigenvalue weighted by Gasteiger charge is 2.40. The van der Waals surface area contributed by atoms with Crippen LogP contribution in [0, 0.1) is 0 Å². The van der Waals surface area contributed by atoms with Gasteiger partial charge < -0.3 is 20.1 Å². The number of hydrogen-bond acceptors (Lipinski definition) is 11. The van der Waals surface area contributed by atoms with E-state index in [4.69, 9.17) is 4.74 Å². The molecule has 5 heterocycles. The van der Waals surface area contributed by atoms with E-state index < -0.39 is 39.2 Å². The second-order valence-electron chi connectivity index (χ2n) is 15.5. The maximum atomic E-state index is 13.8. The minimum Gasteiger partial charge on any atom is -0.490 e. The van der Waals surface area contributed by atoms with Crippen molar-refractivity contribution in [2.45, 2.75) is 107 Å². The molecule has 3 atom stereocenters. The number of rotatable bonds is 12. The van der Waals surface area contributed by atoms with Crippen LogP contribution in [0.4, 0.5) is 14.7 Å². The highest BCUT2D eigenvalue weighted by molar-refractivity contribution is 7.89. The Labute approximate surface area is 318 Å². The summed E-state index contributed by atoms with van der Waals surface area (Å²) in [6.07, 6.45) is 4.01. The van der Waals surface area contributed by atoms with Crippen LogP contribution in [0.15, 0.2) is 41.3 Å². The minimum atomic E-state index is -3.46. The molecular formula is C38H49F2N7O7S. The van der Waals surface area contributed by atoms with Gasteiger partial charge in [0.05, 0.1) is 28.9 Å². The first-order valence-corrected chi connectivity index (χ1v) is 20.9. The lowest BCUT2D eigenvalue weighted by molar-refractivity contribution is -0.134. The van der Waals surface area contributed by atoms with Crippen LogP contribution in [0.5, 0.6) is 5.75 Å². The lowest BCUT2D eigenvalue weighted by Crippen LogP contribution is -2.44. The lowest BCUT2D eigenvalue weighted by Gasteiger charge is -2.33. The van der Waals surface area contributed by atoms with E-state index in [-0.39, 0.29) is 52.6 Å². The van der Waals surface area contributed by atoms with Crippen molar-refractivity contribution >= 4 is 38.8 Å². The van der Waals surface area contributed by atoms with Gasteiger partial charge in [0.15, 0.2) is 0 Å². The van der Waals surface area contributed by atoms with Crippen molar-refractivity contribution in [3.8, 4) is 5.75 Å². The molecule has 3 aromatic rings. The van der Waals surface area contributed by atoms with Crippen molar-refractivity contribution in [1.29, 1.82) is 0 Å². The Balaban J connectivity index is 0.861. The summed E-state index contributed by atoms with van der Waals surface area (Å²) < 4.78 is 63.1. The summed E-state index contributed by atoms with van der Waals surface area (Å²) in [6.45, 7) is 4.55. The van der Waals surface area contributed by atoms with Crippen LogP contribution in [0.25, 0.3) is 11.0 Å². The third kappa shape index (κ3) is 8.84. The zero-order valence-electron chi connectivity index (χ0n) is 31.0. The number of halogens is 2. The first kappa shape index (κ1) is 39.2. The molecule has 0 spiro atoms. The van der Waals surface area contributed by atoms with Gasteiger partial charge in [-0.2, -0.15) is 4.98 Å². The van der Waals surface area contributed by atoms with Gasteiger partial charge in [0, 0.05) is 50.2 Å². The largest absolute Gasteiger partial charge is 0.490 e. The highest BCUT2D eigenvalue weighted by Crippen LogP contribution is 2.40. The fourth-order valence-electron chi connectivity index (χ4n) is 8.49. The van der Waals surface area contributed by atoms with E-state index in [9.17, 15) is 36.7 Å². The number of alkyl halides is 2. The molecule has 0 radical (unpaired) electrons. The second kappa shape index (κ2) is 16.2. The van der Waals surface area contributed by atoms with Gasteiger partial charge in [0.2, 0.25) is 27.8 Å². The summed E-state index contributed by atoms with van der Waals surface area (Å²) in [4.78, 5) is 48.0. The number of ether oxygens (including phenoxy) is 1. The average molecular weight is 786 g/mol. The molecule has 4 aliphatic rings. The SMILES string of the molecule is C[C@@]1(O)CCC[C@H]1n1c(=O)c(C(F)F)cc2cnc(NC3CCN(S(=O)(=O)CCCN4CCC(Oc5ccc(C6CCC(=O)NC6=O)cc5)CC4)CC3)nc21. The minimum absolute atomic E-state index is 0.0447. The van der Waals surface area contributed by atoms with E-state index in [0.29, 0.717) is 71.0 Å². The summed E-state index contributed by atoms with van der Waals surface area (Å²) in [5.41, 5.74) is -1.74. The molecule has 1 saturated carbocycles. The van der Waals surface area contributed by atoms with Gasteiger partial charge in [-0.3, -0.25) is 24.3 Å². The average Bonchev–Trinajstić information content (AvgIpc) is 3.50. The molecule has 7 rings (SSSR count). The monoisotopic (exact) mass is 785 g/mol. The Morgan fingerprint density at radius 2 is 1.76 bits per heavy atom. The smallest absolute Gasteiger partial charge is 0.269 e. The van der Waals surface area contributed by atoms with Crippen molar-refractivity contribution in [2.75, 3.05) is 43.8 Å². The van der Waals surface area contributed by atoms with E-state index >= 15 is 0 Å². The molecule has 55 heavy (non-hydrogen) atoms. The summed E-state index contributed by atoms with van der Waals surface area (Å²) in [7, 11) is -3.46. The predicted octanol–water partition coefficient (Wildman–Crippen LogP) is 3.86. The number of imide groups is 1.